The van der Waals surface area contributed by atoms with E-state index in [1.165, 1.54) is 22.1 Å². The Morgan fingerprint density at radius 1 is 1.34 bits per heavy atom. The molecule has 1 saturated carbocycles. The smallest absolute Gasteiger partial charge is 0.341 e. The Morgan fingerprint density at radius 2 is 2.10 bits per heavy atom. The predicted octanol–water partition coefficient (Wildman–Crippen LogP) is 2.91. The minimum Gasteiger partial charge on any atom is -0.477 e. The zero-order chi connectivity index (χ0) is 20.4. The van der Waals surface area contributed by atoms with Crippen LogP contribution in [0, 0.1) is 11.6 Å². The lowest BCUT2D eigenvalue weighted by molar-refractivity contribution is 0.0695. The van der Waals surface area contributed by atoms with Crippen molar-refractivity contribution in [3.63, 3.8) is 0 Å². The molecule has 0 radical (unpaired) electrons. The summed E-state index contributed by atoms with van der Waals surface area (Å²) in [5.41, 5.74) is 4.95. The van der Waals surface area contributed by atoms with Crippen molar-refractivity contribution in [2.75, 3.05) is 17.2 Å². The number of thiazole rings is 1. The third-order valence-electron chi connectivity index (χ3n) is 5.42. The minimum absolute atomic E-state index is 0.0477. The lowest BCUT2D eigenvalue weighted by atomic mass is 10.1. The molecule has 0 saturated heterocycles. The predicted molar refractivity (Wildman–Crippen MR) is 105 cm³/mol. The summed E-state index contributed by atoms with van der Waals surface area (Å²) in [7, 11) is 0. The van der Waals surface area contributed by atoms with Gasteiger partial charge in [-0.2, -0.15) is 0 Å². The van der Waals surface area contributed by atoms with E-state index in [0.29, 0.717) is 18.1 Å². The number of hydrogen-bond acceptors (Lipinski definition) is 6. The van der Waals surface area contributed by atoms with Crippen molar-refractivity contribution in [1.29, 1.82) is 0 Å². The van der Waals surface area contributed by atoms with E-state index in [9.17, 15) is 19.1 Å². The number of pyridine rings is 1. The standard InChI is InChI=1S/C19H16F2N4O3S/c20-11-5-9-15(25(8-1-2-8)6-10(17(9)26)18(27)28)14(21)16(11)24-4-3-12-13(7-24)29-19(22)23-12/h5-6,8H,1-4,7H2,(H2,22,23)(H,27,28). The quantitative estimate of drug-likeness (QED) is 0.678. The van der Waals surface area contributed by atoms with E-state index in [1.807, 2.05) is 0 Å². The van der Waals surface area contributed by atoms with Gasteiger partial charge in [-0.25, -0.2) is 18.6 Å². The number of benzene rings is 1. The average Bonchev–Trinajstić information content (AvgIpc) is 3.43. The second-order valence-electron chi connectivity index (χ2n) is 7.33. The summed E-state index contributed by atoms with van der Waals surface area (Å²) in [6.07, 6.45) is 3.17. The molecular formula is C19H16F2N4O3S. The van der Waals surface area contributed by atoms with Gasteiger partial charge in [0.25, 0.3) is 0 Å². The van der Waals surface area contributed by atoms with Crippen molar-refractivity contribution in [1.82, 2.24) is 9.55 Å². The normalized spacial score (nSPS) is 16.3. The molecule has 5 rings (SSSR count). The monoisotopic (exact) mass is 418 g/mol. The number of carbonyl (C=O) groups is 1. The lowest BCUT2D eigenvalue weighted by Gasteiger charge is -2.29. The van der Waals surface area contributed by atoms with Crippen LogP contribution in [0.2, 0.25) is 0 Å². The van der Waals surface area contributed by atoms with Gasteiger partial charge in [-0.15, -0.1) is 11.3 Å². The summed E-state index contributed by atoms with van der Waals surface area (Å²) in [4.78, 5) is 30.7. The SMILES string of the molecule is Nc1nc2c(s1)CN(c1c(F)cc3c(=O)c(C(=O)O)cn(C4CC4)c3c1F)CC2. The number of nitrogen functional groups attached to an aromatic ring is 1. The first kappa shape index (κ1) is 18.0. The fraction of sp³-hybridized carbons (Fsp3) is 0.316. The van der Waals surface area contributed by atoms with Gasteiger partial charge in [-0.05, 0) is 18.9 Å². The number of nitrogens with two attached hydrogens (primary N) is 1. The highest BCUT2D eigenvalue weighted by Gasteiger charge is 2.32. The number of nitrogens with zero attached hydrogens (tertiary/aromatic N) is 3. The van der Waals surface area contributed by atoms with Crippen LogP contribution in [0.4, 0.5) is 19.6 Å². The second kappa shape index (κ2) is 6.24. The lowest BCUT2D eigenvalue weighted by Crippen LogP contribution is -2.31. The maximum absolute atomic E-state index is 15.6. The van der Waals surface area contributed by atoms with Gasteiger partial charge in [0.05, 0.1) is 23.1 Å². The zero-order valence-corrected chi connectivity index (χ0v) is 15.9. The maximum Gasteiger partial charge on any atom is 0.341 e. The topological polar surface area (TPSA) is 101 Å². The van der Waals surface area contributed by atoms with Gasteiger partial charge in [0.1, 0.15) is 17.1 Å². The number of rotatable bonds is 3. The van der Waals surface area contributed by atoms with E-state index < -0.39 is 28.6 Å². The zero-order valence-electron chi connectivity index (χ0n) is 15.1. The maximum atomic E-state index is 15.6. The highest BCUT2D eigenvalue weighted by atomic mass is 32.1. The Balaban J connectivity index is 1.72. The molecular weight excluding hydrogens is 402 g/mol. The molecule has 3 aromatic rings. The van der Waals surface area contributed by atoms with Gasteiger partial charge in [0.2, 0.25) is 5.43 Å². The first-order valence-electron chi connectivity index (χ1n) is 9.14. The average molecular weight is 418 g/mol. The van der Waals surface area contributed by atoms with Crippen molar-refractivity contribution in [3.05, 3.63) is 50.3 Å². The van der Waals surface area contributed by atoms with Crippen LogP contribution < -0.4 is 16.1 Å². The summed E-state index contributed by atoms with van der Waals surface area (Å²) in [6, 6.07) is 0.857. The fourth-order valence-electron chi connectivity index (χ4n) is 3.92. The molecule has 3 N–H and O–H groups in total. The second-order valence-corrected chi connectivity index (χ2v) is 8.44. The Kier molecular flexibility index (Phi) is 3.89. The molecule has 7 nitrogen and oxygen atoms in total. The largest absolute Gasteiger partial charge is 0.477 e. The summed E-state index contributed by atoms with van der Waals surface area (Å²) in [5.74, 6) is -3.15. The molecule has 0 bridgehead atoms. The molecule has 0 amide bonds. The van der Waals surface area contributed by atoms with Gasteiger partial charge < -0.3 is 20.3 Å². The summed E-state index contributed by atoms with van der Waals surface area (Å²) in [6.45, 7) is 0.626. The number of anilines is 2. The van der Waals surface area contributed by atoms with Crippen LogP contribution in [0.1, 0.15) is 39.8 Å². The summed E-state index contributed by atoms with van der Waals surface area (Å²) in [5, 5.41) is 9.48. The van der Waals surface area contributed by atoms with E-state index in [-0.39, 0.29) is 29.2 Å². The first-order chi connectivity index (χ1) is 13.8. The third kappa shape index (κ3) is 2.78. The van der Waals surface area contributed by atoms with Crippen LogP contribution >= 0.6 is 11.3 Å². The number of aromatic nitrogens is 2. The van der Waals surface area contributed by atoms with Gasteiger partial charge in [-0.3, -0.25) is 4.79 Å². The Morgan fingerprint density at radius 3 is 2.79 bits per heavy atom. The fourth-order valence-corrected chi connectivity index (χ4v) is 4.81. The number of halogens is 2. The molecule has 29 heavy (non-hydrogen) atoms. The summed E-state index contributed by atoms with van der Waals surface area (Å²) < 4.78 is 32.1. The van der Waals surface area contributed by atoms with Crippen molar-refractivity contribution >= 4 is 39.0 Å². The number of fused-ring (bicyclic) bond motifs is 2. The van der Waals surface area contributed by atoms with Crippen LogP contribution in [0.5, 0.6) is 0 Å². The van der Waals surface area contributed by atoms with E-state index in [0.717, 1.165) is 29.5 Å². The van der Waals surface area contributed by atoms with Crippen LogP contribution in [0.25, 0.3) is 10.9 Å². The molecule has 0 unspecified atom stereocenters. The molecule has 1 fully saturated rings. The number of hydrogen-bond donors (Lipinski definition) is 2. The van der Waals surface area contributed by atoms with Gasteiger partial charge in [0, 0.05) is 30.1 Å². The van der Waals surface area contributed by atoms with E-state index in [4.69, 9.17) is 5.73 Å². The van der Waals surface area contributed by atoms with Crippen molar-refractivity contribution < 1.29 is 18.7 Å². The van der Waals surface area contributed by atoms with Gasteiger partial charge in [-0.1, -0.05) is 0 Å². The molecule has 2 aromatic heterocycles. The number of carboxylic acids is 1. The Bertz CT molecular complexity index is 1250. The van der Waals surface area contributed by atoms with Crippen LogP contribution in [0.15, 0.2) is 17.1 Å². The molecule has 10 heteroatoms. The highest BCUT2D eigenvalue weighted by Crippen LogP contribution is 2.40. The molecule has 0 spiro atoms. The van der Waals surface area contributed by atoms with Gasteiger partial charge in [0.15, 0.2) is 10.9 Å². The minimum atomic E-state index is -1.41. The number of aromatic carboxylic acids is 1. The third-order valence-corrected chi connectivity index (χ3v) is 6.33. The molecule has 3 heterocycles. The van der Waals surface area contributed by atoms with Crippen molar-refractivity contribution in [2.45, 2.75) is 31.8 Å². The first-order valence-corrected chi connectivity index (χ1v) is 9.96. The number of carboxylic acid groups (broad SMARTS) is 1. The van der Waals surface area contributed by atoms with Crippen molar-refractivity contribution in [2.24, 2.45) is 0 Å². The molecule has 1 aliphatic heterocycles. The van der Waals surface area contributed by atoms with E-state index in [2.05, 4.69) is 4.98 Å². The van der Waals surface area contributed by atoms with Crippen LogP contribution in [0.3, 0.4) is 0 Å². The Hall–Kier alpha value is -3.01. The van der Waals surface area contributed by atoms with Gasteiger partial charge >= 0.3 is 5.97 Å². The summed E-state index contributed by atoms with van der Waals surface area (Å²) >= 11 is 1.29. The molecule has 150 valence electrons. The van der Waals surface area contributed by atoms with E-state index in [1.54, 1.807) is 4.90 Å². The molecule has 1 aromatic carbocycles. The highest BCUT2D eigenvalue weighted by molar-refractivity contribution is 7.15. The van der Waals surface area contributed by atoms with Crippen LogP contribution in [-0.4, -0.2) is 27.2 Å². The van der Waals surface area contributed by atoms with Crippen LogP contribution in [-0.2, 0) is 13.0 Å². The molecule has 1 aliphatic carbocycles. The Labute approximate surface area is 167 Å². The van der Waals surface area contributed by atoms with Crippen molar-refractivity contribution in [3.8, 4) is 0 Å². The van der Waals surface area contributed by atoms with E-state index >= 15 is 4.39 Å². The molecule has 2 aliphatic rings. The molecule has 0 atom stereocenters.